The highest BCUT2D eigenvalue weighted by atomic mass is 16.5. The second kappa shape index (κ2) is 6.80. The minimum absolute atomic E-state index is 0.00775. The Morgan fingerprint density at radius 3 is 2.90 bits per heavy atom. The summed E-state index contributed by atoms with van der Waals surface area (Å²) in [7, 11) is 1.76. The number of carbonyl (C=O) groups is 2. The topological polar surface area (TPSA) is 78.5 Å². The predicted molar refractivity (Wildman–Crippen MR) is 110 cm³/mol. The van der Waals surface area contributed by atoms with Gasteiger partial charge in [0.25, 0.3) is 0 Å². The number of aromatic amines is 1. The molecule has 4 atom stereocenters. The van der Waals surface area contributed by atoms with Gasteiger partial charge in [-0.05, 0) is 36.6 Å². The van der Waals surface area contributed by atoms with Crippen molar-refractivity contribution >= 4 is 11.8 Å². The first-order chi connectivity index (χ1) is 14.4. The van der Waals surface area contributed by atoms with E-state index in [0.717, 1.165) is 11.3 Å². The van der Waals surface area contributed by atoms with Gasteiger partial charge in [-0.25, -0.2) is 0 Å². The molecule has 3 aliphatic heterocycles. The maximum absolute atomic E-state index is 13.4. The van der Waals surface area contributed by atoms with Gasteiger partial charge in [0.2, 0.25) is 11.8 Å². The smallest absolute Gasteiger partial charge is 0.230 e. The van der Waals surface area contributed by atoms with Gasteiger partial charge in [-0.2, -0.15) is 5.10 Å². The Kier molecular flexibility index (Phi) is 4.32. The van der Waals surface area contributed by atoms with E-state index in [9.17, 15) is 9.59 Å². The van der Waals surface area contributed by atoms with Crippen LogP contribution in [0.2, 0.25) is 0 Å². The molecule has 0 unspecified atom stereocenters. The summed E-state index contributed by atoms with van der Waals surface area (Å²) in [6.07, 6.45) is 5.28. The van der Waals surface area contributed by atoms with Gasteiger partial charge in [0.15, 0.2) is 0 Å². The van der Waals surface area contributed by atoms with Crippen molar-refractivity contribution in [3.05, 3.63) is 65.0 Å². The van der Waals surface area contributed by atoms with Crippen molar-refractivity contribution in [3.63, 3.8) is 0 Å². The number of H-pyrrole nitrogens is 1. The Morgan fingerprint density at radius 2 is 2.17 bits per heavy atom. The van der Waals surface area contributed by atoms with E-state index in [-0.39, 0.29) is 17.9 Å². The molecule has 2 bridgehead atoms. The van der Waals surface area contributed by atoms with E-state index in [1.165, 1.54) is 11.1 Å². The number of fused-ring (bicyclic) bond motifs is 1. The molecule has 2 fully saturated rings. The number of benzene rings is 1. The number of aromatic nitrogens is 2. The van der Waals surface area contributed by atoms with Crippen LogP contribution in [-0.2, 0) is 27.4 Å². The standard InChI is InChI=1S/C23H26N4O3/c1-14-4-5-16(10-15(14)2)11-27-13-23-8-6-18(30-23)19(20(23)22(27)29)21(28)26(3)12-17-7-9-24-25-17/h4-10,18-20H,11-13H2,1-3H3,(H,24,25)/t18-,19-,20-,23-/m0/s1. The Balaban J connectivity index is 1.36. The van der Waals surface area contributed by atoms with Crippen molar-refractivity contribution in [1.82, 2.24) is 20.0 Å². The monoisotopic (exact) mass is 406 g/mol. The zero-order valence-corrected chi connectivity index (χ0v) is 17.5. The third-order valence-electron chi connectivity index (χ3n) is 6.75. The van der Waals surface area contributed by atoms with Gasteiger partial charge in [0, 0.05) is 19.8 Å². The summed E-state index contributed by atoms with van der Waals surface area (Å²) in [5.74, 6) is -1.00. The predicted octanol–water partition coefficient (Wildman–Crippen LogP) is 1.97. The largest absolute Gasteiger partial charge is 0.360 e. The van der Waals surface area contributed by atoms with Crippen molar-refractivity contribution in [2.45, 2.75) is 38.6 Å². The van der Waals surface area contributed by atoms with Gasteiger partial charge in [-0.3, -0.25) is 14.7 Å². The van der Waals surface area contributed by atoms with Crippen LogP contribution in [0.1, 0.15) is 22.4 Å². The van der Waals surface area contributed by atoms with E-state index in [0.29, 0.717) is 19.6 Å². The SMILES string of the molecule is Cc1ccc(CN2C[C@]34C=C[C@H](O3)[C@H](C(=O)N(C)Cc3ccn[nH]3)[C@H]4C2=O)cc1C. The number of ether oxygens (including phenoxy) is 1. The number of likely N-dealkylation sites (tertiary alicyclic amines) is 1. The molecule has 3 aliphatic rings. The van der Waals surface area contributed by atoms with Gasteiger partial charge in [-0.1, -0.05) is 30.4 Å². The number of nitrogens with one attached hydrogen (secondary N) is 1. The molecule has 4 heterocycles. The van der Waals surface area contributed by atoms with Crippen molar-refractivity contribution in [2.24, 2.45) is 11.8 Å². The lowest BCUT2D eigenvalue weighted by Gasteiger charge is -2.27. The molecule has 0 aliphatic carbocycles. The average molecular weight is 406 g/mol. The van der Waals surface area contributed by atoms with Crippen LogP contribution >= 0.6 is 0 Å². The quantitative estimate of drug-likeness (QED) is 0.770. The summed E-state index contributed by atoms with van der Waals surface area (Å²) in [4.78, 5) is 30.2. The number of nitrogens with zero attached hydrogens (tertiary/aromatic N) is 3. The Hall–Kier alpha value is -2.93. The maximum Gasteiger partial charge on any atom is 0.230 e. The molecule has 2 saturated heterocycles. The van der Waals surface area contributed by atoms with Crippen LogP contribution in [0.15, 0.2) is 42.6 Å². The minimum atomic E-state index is -0.684. The Morgan fingerprint density at radius 1 is 1.33 bits per heavy atom. The first-order valence-electron chi connectivity index (χ1n) is 10.3. The zero-order valence-electron chi connectivity index (χ0n) is 17.5. The molecule has 0 radical (unpaired) electrons. The van der Waals surface area contributed by atoms with E-state index in [1.807, 2.05) is 23.1 Å². The highest BCUT2D eigenvalue weighted by Crippen LogP contribution is 2.52. The second-order valence-electron chi connectivity index (χ2n) is 8.79. The number of hydrogen-bond donors (Lipinski definition) is 1. The fourth-order valence-corrected chi connectivity index (χ4v) is 5.08. The molecule has 2 amide bonds. The van der Waals surface area contributed by atoms with Crippen molar-refractivity contribution in [3.8, 4) is 0 Å². The minimum Gasteiger partial charge on any atom is -0.360 e. The number of hydrogen-bond acceptors (Lipinski definition) is 4. The number of aryl methyl sites for hydroxylation is 2. The maximum atomic E-state index is 13.4. The summed E-state index contributed by atoms with van der Waals surface area (Å²) in [6, 6.07) is 8.12. The number of amides is 2. The van der Waals surface area contributed by atoms with Crippen molar-refractivity contribution in [1.29, 1.82) is 0 Å². The lowest BCUT2D eigenvalue weighted by molar-refractivity contribution is -0.142. The average Bonchev–Trinajstić information content (AvgIpc) is 3.47. The van der Waals surface area contributed by atoms with E-state index in [4.69, 9.17) is 4.74 Å². The van der Waals surface area contributed by atoms with E-state index < -0.39 is 17.4 Å². The van der Waals surface area contributed by atoms with Crippen LogP contribution in [-0.4, -0.2) is 57.1 Å². The third-order valence-corrected chi connectivity index (χ3v) is 6.75. The molecule has 1 spiro atoms. The summed E-state index contributed by atoms with van der Waals surface area (Å²) < 4.78 is 6.24. The number of carbonyl (C=O) groups excluding carboxylic acids is 2. The van der Waals surface area contributed by atoms with E-state index in [2.05, 4.69) is 42.2 Å². The van der Waals surface area contributed by atoms with Crippen LogP contribution in [0.5, 0.6) is 0 Å². The molecule has 30 heavy (non-hydrogen) atoms. The van der Waals surface area contributed by atoms with Crippen LogP contribution in [0.25, 0.3) is 0 Å². The summed E-state index contributed by atoms with van der Waals surface area (Å²) in [5, 5.41) is 6.82. The van der Waals surface area contributed by atoms with Gasteiger partial charge in [0.1, 0.15) is 5.60 Å². The highest BCUT2D eigenvalue weighted by Gasteiger charge is 2.67. The summed E-state index contributed by atoms with van der Waals surface area (Å²) in [5.41, 5.74) is 3.71. The normalized spacial score (nSPS) is 29.0. The molecule has 156 valence electrons. The van der Waals surface area contributed by atoms with E-state index in [1.54, 1.807) is 18.1 Å². The molecule has 1 aromatic carbocycles. The van der Waals surface area contributed by atoms with Gasteiger partial charge >= 0.3 is 0 Å². The Labute approximate surface area is 175 Å². The molecule has 7 heteroatoms. The Bertz CT molecular complexity index is 1030. The summed E-state index contributed by atoms with van der Waals surface area (Å²) in [6.45, 7) is 5.61. The van der Waals surface area contributed by atoms with E-state index >= 15 is 0 Å². The van der Waals surface area contributed by atoms with Gasteiger partial charge < -0.3 is 14.5 Å². The van der Waals surface area contributed by atoms with Crippen LogP contribution < -0.4 is 0 Å². The van der Waals surface area contributed by atoms with Crippen LogP contribution in [0.4, 0.5) is 0 Å². The van der Waals surface area contributed by atoms with Crippen LogP contribution in [0, 0.1) is 25.7 Å². The third kappa shape index (κ3) is 2.88. The van der Waals surface area contributed by atoms with Gasteiger partial charge in [-0.15, -0.1) is 0 Å². The molecule has 7 nitrogen and oxygen atoms in total. The fraction of sp³-hybridized carbons (Fsp3) is 0.435. The number of rotatable bonds is 5. The van der Waals surface area contributed by atoms with Gasteiger partial charge in [0.05, 0.1) is 36.7 Å². The highest BCUT2D eigenvalue weighted by molar-refractivity contribution is 5.93. The molecule has 2 aromatic rings. The van der Waals surface area contributed by atoms with Crippen molar-refractivity contribution in [2.75, 3.05) is 13.6 Å². The molecule has 1 aromatic heterocycles. The summed E-state index contributed by atoms with van der Waals surface area (Å²) >= 11 is 0. The molecular weight excluding hydrogens is 380 g/mol. The second-order valence-corrected chi connectivity index (χ2v) is 8.79. The van der Waals surface area contributed by atoms with Crippen LogP contribution in [0.3, 0.4) is 0 Å². The lowest BCUT2D eigenvalue weighted by atomic mass is 9.76. The molecule has 5 rings (SSSR count). The molecular formula is C23H26N4O3. The molecule has 1 N–H and O–H groups in total. The molecule has 0 saturated carbocycles. The fourth-order valence-electron chi connectivity index (χ4n) is 5.08. The van der Waals surface area contributed by atoms with Crippen molar-refractivity contribution < 1.29 is 14.3 Å². The lowest BCUT2D eigenvalue weighted by Crippen LogP contribution is -2.44. The first kappa shape index (κ1) is 19.1. The zero-order chi connectivity index (χ0) is 21.0. The first-order valence-corrected chi connectivity index (χ1v) is 10.3.